The van der Waals surface area contributed by atoms with Crippen LogP contribution in [0, 0.1) is 12.8 Å². The summed E-state index contributed by atoms with van der Waals surface area (Å²) in [6.45, 7) is 1.97. The van der Waals surface area contributed by atoms with Gasteiger partial charge in [0.2, 0.25) is 11.8 Å². The molecule has 10 heteroatoms. The highest BCUT2D eigenvalue weighted by molar-refractivity contribution is 5.95. The van der Waals surface area contributed by atoms with Crippen molar-refractivity contribution in [1.82, 2.24) is 14.8 Å². The lowest BCUT2D eigenvalue weighted by molar-refractivity contribution is -0.127. The van der Waals surface area contributed by atoms with Gasteiger partial charge in [0.05, 0.1) is 30.4 Å². The molecule has 1 aromatic heterocycles. The van der Waals surface area contributed by atoms with Crippen LogP contribution in [-0.2, 0) is 9.59 Å². The van der Waals surface area contributed by atoms with Crippen molar-refractivity contribution < 1.29 is 14.3 Å². The summed E-state index contributed by atoms with van der Waals surface area (Å²) in [6, 6.07) is 11.6. The topological polar surface area (TPSA) is 133 Å². The molecule has 31 heavy (non-hydrogen) atoms. The molecule has 2 aromatic carbocycles. The molecule has 158 valence electrons. The molecule has 0 bridgehead atoms. The van der Waals surface area contributed by atoms with E-state index in [1.54, 1.807) is 35.1 Å². The van der Waals surface area contributed by atoms with E-state index in [1.807, 2.05) is 42.3 Å². The summed E-state index contributed by atoms with van der Waals surface area (Å²) >= 11 is 0. The number of hydrogen-bond acceptors (Lipinski definition) is 7. The highest BCUT2D eigenvalue weighted by Gasteiger charge is 2.57. The molecule has 0 radical (unpaired) electrons. The van der Waals surface area contributed by atoms with E-state index >= 15 is 0 Å². The third-order valence-electron chi connectivity index (χ3n) is 5.89. The Labute approximate surface area is 178 Å². The number of primary amides is 2. The second kappa shape index (κ2) is 6.73. The fourth-order valence-corrected chi connectivity index (χ4v) is 4.57. The zero-order valence-electron chi connectivity index (χ0n) is 17.0. The largest absolute Gasteiger partial charge is 0.497 e. The normalized spacial score (nSPS) is 21.3. The van der Waals surface area contributed by atoms with Crippen molar-refractivity contribution in [1.29, 1.82) is 0 Å². The van der Waals surface area contributed by atoms with Crippen molar-refractivity contribution in [3.05, 3.63) is 59.9 Å². The molecule has 0 unspecified atom stereocenters. The lowest BCUT2D eigenvalue weighted by Crippen LogP contribution is -2.52. The fraction of sp³-hybridized carbons (Fsp3) is 0.238. The molecule has 1 saturated heterocycles. The van der Waals surface area contributed by atoms with Crippen LogP contribution in [0.15, 0.2) is 48.8 Å². The van der Waals surface area contributed by atoms with Gasteiger partial charge < -0.3 is 16.2 Å². The number of methoxy groups -OCH3 is 1. The van der Waals surface area contributed by atoms with Crippen LogP contribution in [0.2, 0.25) is 0 Å². The predicted molar refractivity (Wildman–Crippen MR) is 112 cm³/mol. The summed E-state index contributed by atoms with van der Waals surface area (Å²) < 4.78 is 7.04. The van der Waals surface area contributed by atoms with Crippen LogP contribution in [0.25, 0.3) is 5.69 Å². The van der Waals surface area contributed by atoms with Crippen molar-refractivity contribution in [3.8, 4) is 11.4 Å². The van der Waals surface area contributed by atoms with Crippen LogP contribution < -0.4 is 26.2 Å². The number of hydrazine groups is 1. The minimum atomic E-state index is -1.03. The van der Waals surface area contributed by atoms with Crippen molar-refractivity contribution >= 4 is 23.5 Å². The second-order valence-electron chi connectivity index (χ2n) is 7.68. The van der Waals surface area contributed by atoms with E-state index < -0.39 is 29.8 Å². The Morgan fingerprint density at radius 1 is 1.00 bits per heavy atom. The van der Waals surface area contributed by atoms with Gasteiger partial charge in [-0.15, -0.1) is 10.2 Å². The van der Waals surface area contributed by atoms with Gasteiger partial charge in [-0.05, 0) is 42.3 Å². The molecule has 1 fully saturated rings. The van der Waals surface area contributed by atoms with E-state index in [0.29, 0.717) is 11.7 Å². The van der Waals surface area contributed by atoms with E-state index in [1.165, 1.54) is 0 Å². The highest BCUT2D eigenvalue weighted by atomic mass is 16.5. The van der Waals surface area contributed by atoms with Crippen molar-refractivity contribution in [2.45, 2.75) is 19.0 Å². The summed E-state index contributed by atoms with van der Waals surface area (Å²) in [5.74, 6) is -1.14. The van der Waals surface area contributed by atoms with Gasteiger partial charge in [0.15, 0.2) is 0 Å². The highest BCUT2D eigenvalue weighted by Crippen LogP contribution is 2.50. The van der Waals surface area contributed by atoms with Crippen LogP contribution >= 0.6 is 0 Å². The van der Waals surface area contributed by atoms with Gasteiger partial charge in [-0.1, -0.05) is 18.2 Å². The van der Waals surface area contributed by atoms with Crippen LogP contribution in [0.5, 0.6) is 5.75 Å². The van der Waals surface area contributed by atoms with Crippen LogP contribution in [0.3, 0.4) is 0 Å². The smallest absolute Gasteiger partial charge is 0.251 e. The average Bonchev–Trinajstić information content (AvgIpc) is 3.36. The number of aromatic nitrogens is 3. The predicted octanol–water partition coefficient (Wildman–Crippen LogP) is 0.836. The number of ether oxygens (including phenoxy) is 1. The Morgan fingerprint density at radius 2 is 1.74 bits per heavy atom. The molecule has 2 amide bonds. The Bertz CT molecular complexity index is 1190. The summed E-state index contributed by atoms with van der Waals surface area (Å²) in [4.78, 5) is 25.3. The Balaban J connectivity index is 1.79. The Hall–Kier alpha value is -4.08. The number of aryl methyl sites for hydroxylation is 1. The van der Waals surface area contributed by atoms with E-state index in [0.717, 1.165) is 22.5 Å². The maximum Gasteiger partial charge on any atom is 0.251 e. The van der Waals surface area contributed by atoms with Gasteiger partial charge in [-0.3, -0.25) is 19.2 Å². The molecule has 0 spiro atoms. The Kier molecular flexibility index (Phi) is 4.10. The van der Waals surface area contributed by atoms with Crippen molar-refractivity contribution in [2.24, 2.45) is 17.4 Å². The monoisotopic (exact) mass is 419 g/mol. The maximum absolute atomic E-state index is 12.7. The lowest BCUT2D eigenvalue weighted by Gasteiger charge is -2.40. The first-order valence-electron chi connectivity index (χ1n) is 9.74. The summed E-state index contributed by atoms with van der Waals surface area (Å²) in [6.07, 6.45) is 1.57. The molecule has 0 saturated carbocycles. The molecule has 4 N–H and O–H groups in total. The number of rotatable bonds is 4. The molecule has 0 aliphatic carbocycles. The zero-order chi connectivity index (χ0) is 21.9. The summed E-state index contributed by atoms with van der Waals surface area (Å²) in [5.41, 5.74) is 15.1. The number of benzene rings is 2. The maximum atomic E-state index is 12.7. The van der Waals surface area contributed by atoms with Gasteiger partial charge in [0.25, 0.3) is 5.95 Å². The molecule has 3 atom stereocenters. The summed E-state index contributed by atoms with van der Waals surface area (Å²) in [5, 5.41) is 11.8. The third-order valence-corrected chi connectivity index (χ3v) is 5.89. The first-order chi connectivity index (χ1) is 14.9. The number of nitrogens with two attached hydrogens (primary N) is 2. The summed E-state index contributed by atoms with van der Waals surface area (Å²) in [7, 11) is 1.58. The number of amides is 2. The number of anilines is 2. The van der Waals surface area contributed by atoms with Gasteiger partial charge in [0, 0.05) is 0 Å². The molecule has 5 rings (SSSR count). The van der Waals surface area contributed by atoms with Crippen LogP contribution in [-0.4, -0.2) is 39.7 Å². The van der Waals surface area contributed by atoms with E-state index in [-0.39, 0.29) is 0 Å². The molecule has 10 nitrogen and oxygen atoms in total. The number of hydrogen-bond donors (Lipinski definition) is 2. The SMILES string of the molecule is COc1ccc([C@H]2[C@H](C(N)=O)[C@H](C(N)=O)N3c4nncn4-c4ccc(C)cc4N23)cc1. The third kappa shape index (κ3) is 2.64. The lowest BCUT2D eigenvalue weighted by atomic mass is 9.87. The molecule has 3 aromatic rings. The molecule has 3 heterocycles. The van der Waals surface area contributed by atoms with E-state index in [9.17, 15) is 9.59 Å². The fourth-order valence-electron chi connectivity index (χ4n) is 4.57. The minimum Gasteiger partial charge on any atom is -0.497 e. The van der Waals surface area contributed by atoms with Gasteiger partial charge in [-0.25, -0.2) is 5.01 Å². The quantitative estimate of drug-likeness (QED) is 0.640. The van der Waals surface area contributed by atoms with Gasteiger partial charge in [0.1, 0.15) is 18.1 Å². The van der Waals surface area contributed by atoms with Crippen molar-refractivity contribution in [2.75, 3.05) is 17.1 Å². The molecular formula is C21H21N7O3. The first-order valence-corrected chi connectivity index (χ1v) is 9.74. The molecule has 2 aliphatic heterocycles. The minimum absolute atomic E-state index is 0.391. The van der Waals surface area contributed by atoms with Crippen LogP contribution in [0.1, 0.15) is 17.2 Å². The first kappa shape index (κ1) is 18.9. The average molecular weight is 419 g/mol. The molecule has 2 aliphatic rings. The van der Waals surface area contributed by atoms with Gasteiger partial charge in [-0.2, -0.15) is 0 Å². The second-order valence-corrected chi connectivity index (χ2v) is 7.68. The Morgan fingerprint density at radius 3 is 2.39 bits per heavy atom. The number of nitrogens with zero attached hydrogens (tertiary/aromatic N) is 5. The van der Waals surface area contributed by atoms with Gasteiger partial charge >= 0.3 is 0 Å². The number of fused-ring (bicyclic) bond motifs is 6. The zero-order valence-corrected chi connectivity index (χ0v) is 17.0. The van der Waals surface area contributed by atoms with E-state index in [2.05, 4.69) is 10.2 Å². The van der Waals surface area contributed by atoms with Crippen molar-refractivity contribution in [3.63, 3.8) is 0 Å². The number of carbonyl (C=O) groups excluding carboxylic acids is 2. The molecular weight excluding hydrogens is 398 g/mol. The number of carbonyl (C=O) groups is 2. The van der Waals surface area contributed by atoms with E-state index in [4.69, 9.17) is 16.2 Å². The standard InChI is InChI=1S/C21H21N7O3/c1-11-3-8-14-15(9-11)27-17(12-4-6-13(31-2)7-5-12)16(19(22)29)18(20(23)30)28(27)21-25-24-10-26(14)21/h3-10,16-18H,1-2H3,(H2,22,29)(H2,23,30)/t16-,17-,18+/m0/s1. The van der Waals surface area contributed by atoms with Crippen LogP contribution in [0.4, 0.5) is 11.6 Å².